The number of carbonyl (C=O) groups is 2. The molecule has 1 saturated heterocycles. The van der Waals surface area contributed by atoms with Crippen molar-refractivity contribution >= 4 is 11.8 Å². The van der Waals surface area contributed by atoms with Crippen LogP contribution in [0.1, 0.15) is 35.7 Å². The zero-order chi connectivity index (χ0) is 17.8. The molecule has 0 bridgehead atoms. The Kier molecular flexibility index (Phi) is 5.16. The number of hydrogen-bond donors (Lipinski definition) is 1. The lowest BCUT2D eigenvalue weighted by Gasteiger charge is -2.29. The topological polar surface area (TPSA) is 67.2 Å². The lowest BCUT2D eigenvalue weighted by molar-refractivity contribution is -0.133. The first kappa shape index (κ1) is 17.2. The number of carbonyl (C=O) groups excluding carboxylic acids is 2. The maximum absolute atomic E-state index is 12.9. The van der Waals surface area contributed by atoms with Gasteiger partial charge < -0.3 is 10.2 Å². The molecule has 2 heterocycles. The van der Waals surface area contributed by atoms with E-state index in [1.54, 1.807) is 0 Å². The predicted octanol–water partition coefficient (Wildman–Crippen LogP) is 1.75. The smallest absolute Gasteiger partial charge is 0.223 e. The van der Waals surface area contributed by atoms with Crippen LogP contribution >= 0.6 is 0 Å². The zero-order valence-electron chi connectivity index (χ0n) is 14.7. The number of nitrogens with zero attached hydrogens (tertiary/aromatic N) is 3. The summed E-state index contributed by atoms with van der Waals surface area (Å²) in [7, 11) is 1.90. The molecule has 0 spiro atoms. The number of aromatic nitrogens is 2. The van der Waals surface area contributed by atoms with E-state index in [0.717, 1.165) is 16.8 Å². The fourth-order valence-electron chi connectivity index (χ4n) is 3.28. The van der Waals surface area contributed by atoms with Crippen molar-refractivity contribution in [2.75, 3.05) is 13.1 Å². The molecule has 6 heteroatoms. The van der Waals surface area contributed by atoms with Gasteiger partial charge in [-0.3, -0.25) is 14.3 Å². The van der Waals surface area contributed by atoms with Crippen LogP contribution in [0.25, 0.3) is 0 Å². The molecule has 1 aromatic carbocycles. The molecule has 1 unspecified atom stereocenters. The van der Waals surface area contributed by atoms with Gasteiger partial charge in [0.25, 0.3) is 0 Å². The third-order valence-corrected chi connectivity index (χ3v) is 4.88. The molecular formula is C19H24N4O2. The van der Waals surface area contributed by atoms with Crippen LogP contribution in [0.3, 0.4) is 0 Å². The number of nitrogens with one attached hydrogen (secondary N) is 1. The van der Waals surface area contributed by atoms with Crippen molar-refractivity contribution < 1.29 is 9.59 Å². The normalized spacial score (nSPS) is 17.9. The van der Waals surface area contributed by atoms with Crippen molar-refractivity contribution in [2.24, 2.45) is 7.05 Å². The van der Waals surface area contributed by atoms with Gasteiger partial charge >= 0.3 is 0 Å². The Bertz CT molecular complexity index is 754. The van der Waals surface area contributed by atoms with Crippen molar-refractivity contribution in [3.63, 3.8) is 0 Å². The summed E-state index contributed by atoms with van der Waals surface area (Å²) >= 11 is 0. The molecule has 1 N–H and O–H groups in total. The van der Waals surface area contributed by atoms with Crippen molar-refractivity contribution in [3.8, 4) is 0 Å². The van der Waals surface area contributed by atoms with E-state index in [2.05, 4.69) is 10.4 Å². The third kappa shape index (κ3) is 3.90. The quantitative estimate of drug-likeness (QED) is 0.922. The van der Waals surface area contributed by atoms with Crippen molar-refractivity contribution in [1.82, 2.24) is 20.0 Å². The zero-order valence-corrected chi connectivity index (χ0v) is 14.7. The first-order valence-corrected chi connectivity index (χ1v) is 8.65. The van der Waals surface area contributed by atoms with Crippen LogP contribution in [-0.2, 0) is 23.1 Å². The molecule has 3 rings (SSSR count). The van der Waals surface area contributed by atoms with Crippen LogP contribution in [0.2, 0.25) is 0 Å². The van der Waals surface area contributed by atoms with Gasteiger partial charge in [-0.1, -0.05) is 30.3 Å². The maximum Gasteiger partial charge on any atom is 0.223 e. The van der Waals surface area contributed by atoms with E-state index in [1.807, 2.05) is 60.1 Å². The van der Waals surface area contributed by atoms with E-state index >= 15 is 0 Å². The first-order valence-electron chi connectivity index (χ1n) is 8.65. The second-order valence-corrected chi connectivity index (χ2v) is 6.45. The van der Waals surface area contributed by atoms with Gasteiger partial charge in [0.1, 0.15) is 0 Å². The van der Waals surface area contributed by atoms with Gasteiger partial charge in [-0.05, 0) is 24.5 Å². The highest BCUT2D eigenvalue weighted by atomic mass is 16.2. The lowest BCUT2D eigenvalue weighted by atomic mass is 10.0. The summed E-state index contributed by atoms with van der Waals surface area (Å²) in [6.07, 6.45) is 3.22. The largest absolute Gasteiger partial charge is 0.354 e. The molecule has 0 aliphatic carbocycles. The highest BCUT2D eigenvalue weighted by Crippen LogP contribution is 2.26. The Hall–Kier alpha value is -2.63. The van der Waals surface area contributed by atoms with Crippen LogP contribution in [0.15, 0.2) is 36.5 Å². The molecular weight excluding hydrogens is 316 g/mol. The number of rotatable bonds is 4. The number of benzene rings is 1. The van der Waals surface area contributed by atoms with Crippen LogP contribution in [0, 0.1) is 6.92 Å². The monoisotopic (exact) mass is 340 g/mol. The molecule has 2 amide bonds. The fraction of sp³-hybridized carbons (Fsp3) is 0.421. The van der Waals surface area contributed by atoms with Gasteiger partial charge in [-0.2, -0.15) is 5.10 Å². The summed E-state index contributed by atoms with van der Waals surface area (Å²) in [4.78, 5) is 26.7. The van der Waals surface area contributed by atoms with Crippen LogP contribution in [-0.4, -0.2) is 39.6 Å². The molecule has 1 fully saturated rings. The molecule has 0 saturated carbocycles. The summed E-state index contributed by atoms with van der Waals surface area (Å²) < 4.78 is 1.82. The highest BCUT2D eigenvalue weighted by Gasteiger charge is 2.29. The number of aryl methyl sites for hydroxylation is 2. The van der Waals surface area contributed by atoms with Gasteiger partial charge in [-0.15, -0.1) is 0 Å². The second kappa shape index (κ2) is 7.51. The number of amides is 2. The van der Waals surface area contributed by atoms with Gasteiger partial charge in [0.15, 0.2) is 0 Å². The van der Waals surface area contributed by atoms with Crippen molar-refractivity contribution in [2.45, 2.75) is 32.2 Å². The minimum atomic E-state index is -0.203. The molecule has 1 aliphatic rings. The van der Waals surface area contributed by atoms with Crippen LogP contribution in [0.4, 0.5) is 0 Å². The first-order chi connectivity index (χ1) is 12.1. The molecule has 6 nitrogen and oxygen atoms in total. The third-order valence-electron chi connectivity index (χ3n) is 4.88. The average molecular weight is 340 g/mol. The molecule has 25 heavy (non-hydrogen) atoms. The summed E-state index contributed by atoms with van der Waals surface area (Å²) in [5.41, 5.74) is 3.18. The fourth-order valence-corrected chi connectivity index (χ4v) is 3.28. The molecule has 1 aromatic heterocycles. The summed E-state index contributed by atoms with van der Waals surface area (Å²) in [6.45, 7) is 3.05. The number of hydrogen-bond acceptors (Lipinski definition) is 3. The molecule has 1 atom stereocenters. The van der Waals surface area contributed by atoms with Gasteiger partial charge in [0.2, 0.25) is 11.8 Å². The second-order valence-electron chi connectivity index (χ2n) is 6.45. The summed E-state index contributed by atoms with van der Waals surface area (Å²) in [5.74, 6) is 0.0702. The maximum atomic E-state index is 12.9. The highest BCUT2D eigenvalue weighted by molar-refractivity contribution is 5.81. The lowest BCUT2D eigenvalue weighted by Crippen LogP contribution is -2.36. The van der Waals surface area contributed by atoms with E-state index in [1.165, 1.54) is 0 Å². The van der Waals surface area contributed by atoms with E-state index in [0.29, 0.717) is 32.4 Å². The van der Waals surface area contributed by atoms with Gasteiger partial charge in [-0.25, -0.2) is 0 Å². The SMILES string of the molecule is Cc1c(CCC(=O)N2CCNC(=O)CC2c2ccccc2)cnn1C. The Morgan fingerprint density at radius 3 is 2.76 bits per heavy atom. The Morgan fingerprint density at radius 2 is 2.08 bits per heavy atom. The van der Waals surface area contributed by atoms with E-state index < -0.39 is 0 Å². The average Bonchev–Trinajstić information content (AvgIpc) is 2.82. The molecule has 132 valence electrons. The van der Waals surface area contributed by atoms with E-state index in [4.69, 9.17) is 0 Å². The van der Waals surface area contributed by atoms with Crippen LogP contribution < -0.4 is 5.32 Å². The van der Waals surface area contributed by atoms with Crippen LogP contribution in [0.5, 0.6) is 0 Å². The Balaban J connectivity index is 1.75. The summed E-state index contributed by atoms with van der Waals surface area (Å²) in [6, 6.07) is 9.59. The summed E-state index contributed by atoms with van der Waals surface area (Å²) in [5, 5.41) is 7.10. The Labute approximate surface area is 147 Å². The minimum absolute atomic E-state index is 0.00717. The molecule has 1 aliphatic heterocycles. The van der Waals surface area contributed by atoms with E-state index in [-0.39, 0.29) is 17.9 Å². The Morgan fingerprint density at radius 1 is 1.32 bits per heavy atom. The molecule has 0 radical (unpaired) electrons. The molecule has 2 aromatic rings. The minimum Gasteiger partial charge on any atom is -0.354 e. The van der Waals surface area contributed by atoms with Crippen molar-refractivity contribution in [1.29, 1.82) is 0 Å². The van der Waals surface area contributed by atoms with Crippen molar-refractivity contribution in [3.05, 3.63) is 53.3 Å². The van der Waals surface area contributed by atoms with Gasteiger partial charge in [0, 0.05) is 32.3 Å². The van der Waals surface area contributed by atoms with E-state index in [9.17, 15) is 9.59 Å². The van der Waals surface area contributed by atoms with Gasteiger partial charge in [0.05, 0.1) is 18.7 Å². The predicted molar refractivity (Wildman–Crippen MR) is 94.8 cm³/mol. The standard InChI is InChI=1S/C19H24N4O2/c1-14-16(13-21-22(14)2)8-9-19(25)23-11-10-20-18(24)12-17(23)15-6-4-3-5-7-15/h3-7,13,17H,8-12H2,1-2H3,(H,20,24).